The number of anilines is 1. The number of amides is 2. The van der Waals surface area contributed by atoms with Gasteiger partial charge in [-0.3, -0.25) is 19.7 Å². The predicted molar refractivity (Wildman–Crippen MR) is 115 cm³/mol. The van der Waals surface area contributed by atoms with Gasteiger partial charge in [-0.25, -0.2) is 4.39 Å². The first-order valence-electron chi connectivity index (χ1n) is 9.23. The van der Waals surface area contributed by atoms with Crippen LogP contribution in [0.2, 0.25) is 0 Å². The first kappa shape index (κ1) is 20.7. The van der Waals surface area contributed by atoms with E-state index in [0.29, 0.717) is 16.8 Å². The first-order chi connectivity index (χ1) is 14.8. The van der Waals surface area contributed by atoms with Gasteiger partial charge in [0.15, 0.2) is 0 Å². The topological polar surface area (TPSA) is 92.5 Å². The zero-order chi connectivity index (χ0) is 22.1. The maximum absolute atomic E-state index is 13.6. The van der Waals surface area contributed by atoms with Crippen LogP contribution in [0, 0.1) is 15.9 Å². The second kappa shape index (κ2) is 8.27. The van der Waals surface area contributed by atoms with Gasteiger partial charge in [0.1, 0.15) is 12.4 Å². The molecule has 1 unspecified atom stereocenters. The van der Waals surface area contributed by atoms with Gasteiger partial charge in [-0.05, 0) is 48.0 Å². The lowest BCUT2D eigenvalue weighted by molar-refractivity contribution is -0.384. The van der Waals surface area contributed by atoms with E-state index in [0.717, 1.165) is 4.47 Å². The second-order valence-corrected chi connectivity index (χ2v) is 7.89. The number of fused-ring (bicyclic) bond motifs is 1. The van der Waals surface area contributed by atoms with Gasteiger partial charge in [-0.15, -0.1) is 0 Å². The number of benzene rings is 3. The number of carbonyl (C=O) groups excluding carboxylic acids is 2. The van der Waals surface area contributed by atoms with E-state index in [4.69, 9.17) is 0 Å². The minimum Gasteiger partial charge on any atom is -0.324 e. The minimum absolute atomic E-state index is 0.144. The molecule has 1 atom stereocenters. The maximum Gasteiger partial charge on any atom is 0.269 e. The van der Waals surface area contributed by atoms with Crippen LogP contribution in [0.15, 0.2) is 71.2 Å². The number of carbonyl (C=O) groups is 2. The van der Waals surface area contributed by atoms with Crippen LogP contribution in [-0.2, 0) is 4.79 Å². The third-order valence-electron chi connectivity index (χ3n) is 4.98. The summed E-state index contributed by atoms with van der Waals surface area (Å²) in [5, 5.41) is 13.7. The molecule has 1 N–H and O–H groups in total. The Morgan fingerprint density at radius 2 is 1.77 bits per heavy atom. The van der Waals surface area contributed by atoms with Crippen molar-refractivity contribution in [1.29, 1.82) is 0 Å². The molecule has 156 valence electrons. The summed E-state index contributed by atoms with van der Waals surface area (Å²) in [6.07, 6.45) is 0. The Morgan fingerprint density at radius 3 is 2.42 bits per heavy atom. The van der Waals surface area contributed by atoms with Crippen LogP contribution in [0.4, 0.5) is 15.8 Å². The molecule has 1 aliphatic rings. The van der Waals surface area contributed by atoms with Crippen LogP contribution in [0.25, 0.3) is 0 Å². The number of hydrogen-bond donors (Lipinski definition) is 1. The van der Waals surface area contributed by atoms with Crippen molar-refractivity contribution in [3.05, 3.63) is 104 Å². The fourth-order valence-corrected chi connectivity index (χ4v) is 3.94. The number of nitrogens with zero attached hydrogens (tertiary/aromatic N) is 2. The largest absolute Gasteiger partial charge is 0.324 e. The number of non-ortho nitro benzene ring substituents is 1. The molecule has 7 nitrogen and oxygen atoms in total. The van der Waals surface area contributed by atoms with Gasteiger partial charge in [-0.1, -0.05) is 28.1 Å². The van der Waals surface area contributed by atoms with Crippen LogP contribution < -0.4 is 5.32 Å². The molecule has 0 spiro atoms. The summed E-state index contributed by atoms with van der Waals surface area (Å²) < 4.78 is 14.3. The molecule has 3 aromatic rings. The summed E-state index contributed by atoms with van der Waals surface area (Å²) in [6, 6.07) is 15.5. The van der Waals surface area contributed by atoms with Crippen LogP contribution in [0.5, 0.6) is 0 Å². The smallest absolute Gasteiger partial charge is 0.269 e. The Labute approximate surface area is 184 Å². The van der Waals surface area contributed by atoms with Crippen molar-refractivity contribution in [2.75, 3.05) is 11.9 Å². The first-order valence-corrected chi connectivity index (χ1v) is 10.0. The Balaban J connectivity index is 1.85. The van der Waals surface area contributed by atoms with Crippen LogP contribution in [0.3, 0.4) is 0 Å². The van der Waals surface area contributed by atoms with Gasteiger partial charge < -0.3 is 10.2 Å². The summed E-state index contributed by atoms with van der Waals surface area (Å²) >= 11 is 3.43. The predicted octanol–water partition coefficient (Wildman–Crippen LogP) is 4.68. The zero-order valence-corrected chi connectivity index (χ0v) is 17.5. The number of nitro groups is 1. The Bertz CT molecular complexity index is 1180. The fraction of sp³-hybridized carbons (Fsp3) is 0.0909. The molecule has 0 saturated heterocycles. The van der Waals surface area contributed by atoms with Gasteiger partial charge in [0.25, 0.3) is 11.6 Å². The Morgan fingerprint density at radius 1 is 1.10 bits per heavy atom. The van der Waals surface area contributed by atoms with E-state index in [1.165, 1.54) is 41.3 Å². The van der Waals surface area contributed by atoms with E-state index in [9.17, 15) is 24.1 Å². The lowest BCUT2D eigenvalue weighted by Gasteiger charge is -2.30. The summed E-state index contributed by atoms with van der Waals surface area (Å²) in [4.78, 5) is 37.8. The third-order valence-corrected chi connectivity index (χ3v) is 5.47. The van der Waals surface area contributed by atoms with Crippen molar-refractivity contribution in [3.63, 3.8) is 0 Å². The fourth-order valence-electron chi connectivity index (χ4n) is 3.56. The van der Waals surface area contributed by atoms with E-state index < -0.39 is 22.7 Å². The average molecular weight is 484 g/mol. The molecule has 1 heterocycles. The highest BCUT2D eigenvalue weighted by Gasteiger charge is 2.34. The monoisotopic (exact) mass is 483 g/mol. The van der Waals surface area contributed by atoms with Gasteiger partial charge in [0.05, 0.1) is 11.0 Å². The highest BCUT2D eigenvalue weighted by atomic mass is 79.9. The summed E-state index contributed by atoms with van der Waals surface area (Å²) in [7, 11) is 0. The molecule has 3 aromatic carbocycles. The molecule has 0 fully saturated rings. The molecule has 0 radical (unpaired) electrons. The van der Waals surface area contributed by atoms with E-state index in [-0.39, 0.29) is 23.7 Å². The normalized spacial score (nSPS) is 15.6. The molecule has 0 saturated carbocycles. The Kier molecular flexibility index (Phi) is 5.51. The van der Waals surface area contributed by atoms with Crippen LogP contribution in [-0.4, -0.2) is 28.2 Å². The minimum atomic E-state index is -0.685. The highest BCUT2D eigenvalue weighted by Crippen LogP contribution is 2.38. The summed E-state index contributed by atoms with van der Waals surface area (Å²) in [5.41, 5.74) is 1.87. The average Bonchev–Trinajstić information content (AvgIpc) is 2.89. The number of halogens is 2. The van der Waals surface area contributed by atoms with Gasteiger partial charge in [-0.2, -0.15) is 0 Å². The third kappa shape index (κ3) is 4.17. The van der Waals surface area contributed by atoms with Crippen LogP contribution in [0.1, 0.15) is 27.5 Å². The molecule has 0 aromatic heterocycles. The summed E-state index contributed by atoms with van der Waals surface area (Å²) in [6.45, 7) is -0.246. The van der Waals surface area contributed by atoms with Crippen molar-refractivity contribution in [2.24, 2.45) is 0 Å². The van der Waals surface area contributed by atoms with Crippen molar-refractivity contribution < 1.29 is 18.9 Å². The van der Waals surface area contributed by atoms with E-state index in [1.54, 1.807) is 30.3 Å². The highest BCUT2D eigenvalue weighted by molar-refractivity contribution is 9.10. The molecule has 4 rings (SSSR count). The van der Waals surface area contributed by atoms with Gasteiger partial charge in [0.2, 0.25) is 5.91 Å². The van der Waals surface area contributed by atoms with Crippen molar-refractivity contribution in [3.8, 4) is 0 Å². The second-order valence-electron chi connectivity index (χ2n) is 6.97. The van der Waals surface area contributed by atoms with Crippen LogP contribution >= 0.6 is 15.9 Å². The lowest BCUT2D eigenvalue weighted by atomic mass is 9.95. The van der Waals surface area contributed by atoms with E-state index >= 15 is 0 Å². The van der Waals surface area contributed by atoms with Gasteiger partial charge in [0, 0.05) is 33.4 Å². The maximum atomic E-state index is 13.6. The number of nitro benzene ring substituents is 1. The van der Waals surface area contributed by atoms with Crippen molar-refractivity contribution >= 4 is 39.1 Å². The molecular weight excluding hydrogens is 469 g/mol. The quantitative estimate of drug-likeness (QED) is 0.432. The van der Waals surface area contributed by atoms with Crippen molar-refractivity contribution in [1.82, 2.24) is 4.90 Å². The number of nitrogens with one attached hydrogen (secondary N) is 1. The summed E-state index contributed by atoms with van der Waals surface area (Å²) in [5.74, 6) is -1.29. The van der Waals surface area contributed by atoms with Gasteiger partial charge >= 0.3 is 0 Å². The van der Waals surface area contributed by atoms with E-state index in [1.807, 2.05) is 0 Å². The van der Waals surface area contributed by atoms with E-state index in [2.05, 4.69) is 21.2 Å². The number of hydrogen-bond acceptors (Lipinski definition) is 4. The molecular formula is C22H15BrFN3O4. The Hall–Kier alpha value is -3.59. The molecule has 9 heteroatoms. The SMILES string of the molecule is O=C1CN(C(=O)c2ccc([N+](=O)[O-])cc2)C(c2ccc(F)cc2)c2cc(Br)ccc2N1. The molecule has 0 aliphatic carbocycles. The lowest BCUT2D eigenvalue weighted by Crippen LogP contribution is -2.39. The number of rotatable bonds is 3. The molecule has 2 amide bonds. The molecule has 31 heavy (non-hydrogen) atoms. The molecule has 0 bridgehead atoms. The zero-order valence-electron chi connectivity index (χ0n) is 15.9. The molecule has 1 aliphatic heterocycles. The standard InChI is InChI=1S/C22H15BrFN3O4/c23-15-5-10-19-18(11-15)21(13-1-6-16(24)7-2-13)26(12-20(28)25-19)22(29)14-3-8-17(9-4-14)27(30)31/h1-11,21H,12H2,(H,25,28). The van der Waals surface area contributed by atoms with Crippen molar-refractivity contribution in [2.45, 2.75) is 6.04 Å².